The molecule has 1 amide bonds. The largest absolute Gasteiger partial charge is 0.383 e. The SMILES string of the molecule is CCC(O)(CNC(=O)C1CCC1)c1ccc(Br)cc1. The summed E-state index contributed by atoms with van der Waals surface area (Å²) in [5.41, 5.74) is -0.146. The van der Waals surface area contributed by atoms with Gasteiger partial charge >= 0.3 is 0 Å². The summed E-state index contributed by atoms with van der Waals surface area (Å²) in [5, 5.41) is 13.6. The molecule has 19 heavy (non-hydrogen) atoms. The van der Waals surface area contributed by atoms with E-state index in [1.807, 2.05) is 31.2 Å². The van der Waals surface area contributed by atoms with Gasteiger partial charge in [-0.1, -0.05) is 41.4 Å². The molecule has 0 aromatic heterocycles. The zero-order valence-corrected chi connectivity index (χ0v) is 12.7. The van der Waals surface area contributed by atoms with Crippen LogP contribution < -0.4 is 5.32 Å². The van der Waals surface area contributed by atoms with Crippen molar-refractivity contribution in [3.8, 4) is 0 Å². The predicted octanol–water partition coefficient (Wildman–Crippen LogP) is 2.96. The maximum absolute atomic E-state index is 11.8. The van der Waals surface area contributed by atoms with Crippen molar-refractivity contribution in [2.75, 3.05) is 6.54 Å². The van der Waals surface area contributed by atoms with Crippen molar-refractivity contribution >= 4 is 21.8 Å². The monoisotopic (exact) mass is 325 g/mol. The Labute approximate surface area is 122 Å². The van der Waals surface area contributed by atoms with Crippen LogP contribution in [-0.2, 0) is 10.4 Å². The lowest BCUT2D eigenvalue weighted by Crippen LogP contribution is -2.43. The van der Waals surface area contributed by atoms with E-state index in [0.29, 0.717) is 6.42 Å². The number of carbonyl (C=O) groups is 1. The van der Waals surface area contributed by atoms with Crippen LogP contribution >= 0.6 is 15.9 Å². The quantitative estimate of drug-likeness (QED) is 0.874. The molecule has 1 saturated carbocycles. The van der Waals surface area contributed by atoms with E-state index in [1.165, 1.54) is 0 Å². The summed E-state index contributed by atoms with van der Waals surface area (Å²) in [6.45, 7) is 2.21. The number of hydrogen-bond donors (Lipinski definition) is 2. The molecule has 0 radical (unpaired) electrons. The van der Waals surface area contributed by atoms with E-state index in [9.17, 15) is 9.90 Å². The van der Waals surface area contributed by atoms with Crippen molar-refractivity contribution in [2.24, 2.45) is 5.92 Å². The number of benzene rings is 1. The fourth-order valence-corrected chi connectivity index (χ4v) is 2.50. The van der Waals surface area contributed by atoms with Crippen LogP contribution in [0.4, 0.5) is 0 Å². The lowest BCUT2D eigenvalue weighted by atomic mass is 9.84. The second-order valence-corrected chi connectivity index (χ2v) is 6.15. The molecule has 1 aliphatic rings. The first kappa shape index (κ1) is 14.5. The molecule has 1 aromatic rings. The molecule has 1 atom stereocenters. The Morgan fingerprint density at radius 2 is 2.05 bits per heavy atom. The maximum atomic E-state index is 11.8. The minimum Gasteiger partial charge on any atom is -0.383 e. The Hall–Kier alpha value is -0.870. The molecule has 2 rings (SSSR count). The molecular weight excluding hydrogens is 306 g/mol. The van der Waals surface area contributed by atoms with Gasteiger partial charge in [-0.2, -0.15) is 0 Å². The van der Waals surface area contributed by atoms with Crippen LogP contribution in [0.5, 0.6) is 0 Å². The predicted molar refractivity (Wildman–Crippen MR) is 78.7 cm³/mol. The van der Waals surface area contributed by atoms with Crippen LogP contribution in [0.2, 0.25) is 0 Å². The highest BCUT2D eigenvalue weighted by Crippen LogP contribution is 2.28. The van der Waals surface area contributed by atoms with Gasteiger partial charge in [-0.15, -0.1) is 0 Å². The van der Waals surface area contributed by atoms with Gasteiger partial charge in [-0.25, -0.2) is 0 Å². The molecule has 4 heteroatoms. The normalized spacial score (nSPS) is 18.5. The van der Waals surface area contributed by atoms with Crippen molar-refractivity contribution in [1.82, 2.24) is 5.32 Å². The van der Waals surface area contributed by atoms with Crippen molar-refractivity contribution in [2.45, 2.75) is 38.2 Å². The zero-order valence-electron chi connectivity index (χ0n) is 11.2. The Morgan fingerprint density at radius 1 is 1.42 bits per heavy atom. The smallest absolute Gasteiger partial charge is 0.223 e. The first-order valence-electron chi connectivity index (χ1n) is 6.81. The van der Waals surface area contributed by atoms with Crippen LogP contribution in [0.25, 0.3) is 0 Å². The average Bonchev–Trinajstić information content (AvgIpc) is 2.35. The molecule has 0 aliphatic heterocycles. The molecule has 2 N–H and O–H groups in total. The Balaban J connectivity index is 2.00. The molecule has 0 saturated heterocycles. The molecule has 1 unspecified atom stereocenters. The molecule has 1 aliphatic carbocycles. The molecule has 1 aromatic carbocycles. The maximum Gasteiger partial charge on any atom is 0.223 e. The van der Waals surface area contributed by atoms with Gasteiger partial charge in [0.1, 0.15) is 5.60 Å². The van der Waals surface area contributed by atoms with E-state index in [1.54, 1.807) is 0 Å². The van der Waals surface area contributed by atoms with E-state index in [-0.39, 0.29) is 18.4 Å². The lowest BCUT2D eigenvalue weighted by Gasteiger charge is -2.30. The number of rotatable bonds is 5. The van der Waals surface area contributed by atoms with E-state index >= 15 is 0 Å². The van der Waals surface area contributed by atoms with Gasteiger partial charge in [0.25, 0.3) is 0 Å². The molecule has 3 nitrogen and oxygen atoms in total. The van der Waals surface area contributed by atoms with Crippen LogP contribution in [0.15, 0.2) is 28.7 Å². The fraction of sp³-hybridized carbons (Fsp3) is 0.533. The van der Waals surface area contributed by atoms with Crippen LogP contribution in [0.1, 0.15) is 38.2 Å². The van der Waals surface area contributed by atoms with E-state index in [0.717, 1.165) is 29.3 Å². The number of amides is 1. The Kier molecular flexibility index (Phi) is 4.63. The summed E-state index contributed by atoms with van der Waals surface area (Å²) in [5.74, 6) is 0.237. The molecule has 0 spiro atoms. The van der Waals surface area contributed by atoms with Gasteiger partial charge < -0.3 is 10.4 Å². The second kappa shape index (κ2) is 6.06. The van der Waals surface area contributed by atoms with Gasteiger partial charge in [-0.3, -0.25) is 4.79 Å². The zero-order chi connectivity index (χ0) is 13.9. The fourth-order valence-electron chi connectivity index (χ4n) is 2.24. The summed E-state index contributed by atoms with van der Waals surface area (Å²) in [7, 11) is 0. The third-order valence-electron chi connectivity index (χ3n) is 4.00. The second-order valence-electron chi connectivity index (χ2n) is 5.24. The third kappa shape index (κ3) is 3.37. The van der Waals surface area contributed by atoms with Crippen LogP contribution in [-0.4, -0.2) is 17.6 Å². The van der Waals surface area contributed by atoms with Gasteiger partial charge in [0.05, 0.1) is 6.54 Å². The van der Waals surface area contributed by atoms with E-state index < -0.39 is 5.60 Å². The van der Waals surface area contributed by atoms with Crippen molar-refractivity contribution < 1.29 is 9.90 Å². The standard InChI is InChI=1S/C15H20BrNO2/c1-2-15(19,12-6-8-13(16)9-7-12)10-17-14(18)11-4-3-5-11/h6-9,11,19H,2-5,10H2,1H3,(H,17,18). The summed E-state index contributed by atoms with van der Waals surface area (Å²) in [6.07, 6.45) is 3.67. The van der Waals surface area contributed by atoms with Crippen molar-refractivity contribution in [3.05, 3.63) is 34.3 Å². The summed E-state index contributed by atoms with van der Waals surface area (Å²) in [6, 6.07) is 7.60. The number of aliphatic hydroxyl groups is 1. The van der Waals surface area contributed by atoms with Gasteiger partial charge in [-0.05, 0) is 37.0 Å². The Morgan fingerprint density at radius 3 is 2.53 bits per heavy atom. The number of halogens is 1. The molecule has 0 heterocycles. The van der Waals surface area contributed by atoms with Crippen molar-refractivity contribution in [1.29, 1.82) is 0 Å². The number of carbonyl (C=O) groups excluding carboxylic acids is 1. The van der Waals surface area contributed by atoms with E-state index in [2.05, 4.69) is 21.2 Å². The van der Waals surface area contributed by atoms with Crippen LogP contribution in [0.3, 0.4) is 0 Å². The highest BCUT2D eigenvalue weighted by molar-refractivity contribution is 9.10. The third-order valence-corrected chi connectivity index (χ3v) is 4.53. The van der Waals surface area contributed by atoms with Gasteiger partial charge in [0, 0.05) is 10.4 Å². The summed E-state index contributed by atoms with van der Waals surface area (Å²) >= 11 is 3.38. The number of nitrogens with one attached hydrogen (secondary N) is 1. The minimum atomic E-state index is -0.986. The highest BCUT2D eigenvalue weighted by atomic mass is 79.9. The van der Waals surface area contributed by atoms with Gasteiger partial charge in [0.2, 0.25) is 5.91 Å². The van der Waals surface area contributed by atoms with Crippen LogP contribution in [0, 0.1) is 5.92 Å². The lowest BCUT2D eigenvalue weighted by molar-refractivity contribution is -0.128. The first-order chi connectivity index (χ1) is 9.05. The van der Waals surface area contributed by atoms with E-state index in [4.69, 9.17) is 0 Å². The van der Waals surface area contributed by atoms with Crippen molar-refractivity contribution in [3.63, 3.8) is 0 Å². The minimum absolute atomic E-state index is 0.0789. The summed E-state index contributed by atoms with van der Waals surface area (Å²) in [4.78, 5) is 11.8. The topological polar surface area (TPSA) is 49.3 Å². The molecule has 104 valence electrons. The van der Waals surface area contributed by atoms with Gasteiger partial charge in [0.15, 0.2) is 0 Å². The summed E-state index contributed by atoms with van der Waals surface area (Å²) < 4.78 is 0.980. The number of hydrogen-bond acceptors (Lipinski definition) is 2. The molecule has 1 fully saturated rings. The Bertz CT molecular complexity index is 442. The molecular formula is C15H20BrNO2. The first-order valence-corrected chi connectivity index (χ1v) is 7.60. The molecule has 0 bridgehead atoms. The average molecular weight is 326 g/mol. The highest BCUT2D eigenvalue weighted by Gasteiger charge is 2.30.